The Kier molecular flexibility index (Phi) is 10.6. The topological polar surface area (TPSA) is 221 Å². The first-order valence-electron chi connectivity index (χ1n) is 14.1. The number of β-amino-alcohol motifs (C(OH)–C–C–N with tert-alkyl or cyclic N) is 1. The number of aliphatic hydroxyl groups excluding tert-OH is 1. The molecule has 0 aliphatic carbocycles. The number of hydrogen-bond donors (Lipinski definition) is 4. The summed E-state index contributed by atoms with van der Waals surface area (Å²) in [6, 6.07) is 7.55. The lowest BCUT2D eigenvalue weighted by Gasteiger charge is -2.35. The number of nitrogens with zero attached hydrogens (tertiary/aromatic N) is 5. The number of aliphatic carboxylic acids is 1. The van der Waals surface area contributed by atoms with E-state index in [1.54, 1.807) is 30.3 Å². The summed E-state index contributed by atoms with van der Waals surface area (Å²) in [5.74, 6) is -3.87. The molecule has 3 atom stereocenters. The number of carbonyl (C=O) groups is 6. The summed E-state index contributed by atoms with van der Waals surface area (Å²) in [6.07, 6.45) is -2.66. The Balaban J connectivity index is 1.52. The molecular formula is C28H34N6O11. The molecule has 4 rings (SSSR count). The maximum atomic E-state index is 13.4. The number of rotatable bonds is 11. The second-order valence-corrected chi connectivity index (χ2v) is 10.4. The van der Waals surface area contributed by atoms with E-state index in [4.69, 9.17) is 9.47 Å². The van der Waals surface area contributed by atoms with Gasteiger partial charge in [-0.25, -0.2) is 14.3 Å². The Labute approximate surface area is 256 Å². The Bertz CT molecular complexity index is 1420. The van der Waals surface area contributed by atoms with Gasteiger partial charge in [-0.3, -0.25) is 19.2 Å². The minimum absolute atomic E-state index is 0.0156. The number of aliphatic hydroxyl groups is 1. The van der Waals surface area contributed by atoms with Gasteiger partial charge in [0.1, 0.15) is 12.1 Å². The maximum Gasteiger partial charge on any atom is 0.407 e. The molecule has 45 heavy (non-hydrogen) atoms. The third-order valence-electron chi connectivity index (χ3n) is 7.44. The summed E-state index contributed by atoms with van der Waals surface area (Å²) in [6.45, 7) is -0.378. The lowest BCUT2D eigenvalue weighted by Crippen LogP contribution is -2.55. The van der Waals surface area contributed by atoms with E-state index in [9.17, 15) is 44.1 Å². The molecule has 17 heteroatoms. The van der Waals surface area contributed by atoms with Crippen molar-refractivity contribution in [2.24, 2.45) is 0 Å². The van der Waals surface area contributed by atoms with Gasteiger partial charge in [-0.05, 0) is 18.6 Å². The van der Waals surface area contributed by atoms with Gasteiger partial charge in [-0.2, -0.15) is 5.10 Å². The number of piperazine rings is 1. The highest BCUT2D eigenvalue weighted by Crippen LogP contribution is 2.23. The van der Waals surface area contributed by atoms with E-state index in [1.807, 2.05) is 0 Å². The van der Waals surface area contributed by atoms with Crippen LogP contribution in [-0.2, 0) is 23.9 Å². The van der Waals surface area contributed by atoms with Crippen LogP contribution in [0.2, 0.25) is 0 Å². The third-order valence-corrected chi connectivity index (χ3v) is 7.44. The largest absolute Gasteiger partial charge is 0.481 e. The van der Waals surface area contributed by atoms with Crippen LogP contribution in [0, 0.1) is 0 Å². The number of likely N-dealkylation sites (tertiary alicyclic amines) is 1. The smallest absolute Gasteiger partial charge is 0.407 e. The number of benzene rings is 1. The molecule has 17 nitrogen and oxygen atoms in total. The van der Waals surface area contributed by atoms with Crippen LogP contribution in [0.3, 0.4) is 0 Å². The molecule has 1 aromatic carbocycles. The number of para-hydroxylation sites is 1. The van der Waals surface area contributed by atoms with Gasteiger partial charge < -0.3 is 44.8 Å². The van der Waals surface area contributed by atoms with Crippen molar-refractivity contribution in [3.8, 4) is 11.6 Å². The van der Waals surface area contributed by atoms with Gasteiger partial charge in [-0.1, -0.05) is 18.2 Å². The van der Waals surface area contributed by atoms with Crippen molar-refractivity contribution in [3.05, 3.63) is 42.1 Å². The first-order valence-corrected chi connectivity index (χ1v) is 14.1. The highest BCUT2D eigenvalue weighted by Gasteiger charge is 2.40. The minimum Gasteiger partial charge on any atom is -0.481 e. The lowest BCUT2D eigenvalue weighted by molar-refractivity contribution is -0.151. The first-order chi connectivity index (χ1) is 21.5. The van der Waals surface area contributed by atoms with Crippen LogP contribution in [0.25, 0.3) is 5.69 Å². The number of methoxy groups -OCH3 is 1. The van der Waals surface area contributed by atoms with Crippen LogP contribution in [0.1, 0.15) is 29.8 Å². The Morgan fingerprint density at radius 1 is 1.02 bits per heavy atom. The average molecular weight is 631 g/mol. The maximum absolute atomic E-state index is 13.4. The molecule has 2 saturated heterocycles. The Morgan fingerprint density at radius 3 is 2.31 bits per heavy atom. The number of nitrogens with one attached hydrogen (secondary N) is 1. The molecule has 1 unspecified atom stereocenters. The number of carbonyl (C=O) groups excluding carboxylic acids is 4. The fourth-order valence-corrected chi connectivity index (χ4v) is 5.10. The van der Waals surface area contributed by atoms with Crippen molar-refractivity contribution in [2.45, 2.75) is 37.5 Å². The number of carboxylic acids is 1. The zero-order valence-electron chi connectivity index (χ0n) is 24.4. The molecule has 2 aliphatic rings. The molecule has 0 spiro atoms. The normalized spacial score (nSPS) is 18.7. The van der Waals surface area contributed by atoms with E-state index in [1.165, 1.54) is 22.8 Å². The zero-order chi connectivity index (χ0) is 32.7. The number of esters is 1. The number of aromatic nitrogens is 2. The summed E-state index contributed by atoms with van der Waals surface area (Å²) < 4.78 is 11.7. The fraction of sp³-hybridized carbons (Fsp3) is 0.464. The summed E-state index contributed by atoms with van der Waals surface area (Å²) in [7, 11) is 1.18. The monoisotopic (exact) mass is 630 g/mol. The van der Waals surface area contributed by atoms with Gasteiger partial charge in [-0.15, -0.1) is 0 Å². The van der Waals surface area contributed by atoms with E-state index in [0.717, 1.165) is 9.80 Å². The molecule has 0 radical (unpaired) electrons. The molecule has 242 valence electrons. The average Bonchev–Trinajstić information content (AvgIpc) is 3.65. The Morgan fingerprint density at radius 2 is 1.69 bits per heavy atom. The number of hydrogen-bond acceptors (Lipinski definition) is 10. The highest BCUT2D eigenvalue weighted by molar-refractivity contribution is 5.96. The zero-order valence-corrected chi connectivity index (χ0v) is 24.4. The van der Waals surface area contributed by atoms with Crippen LogP contribution < -0.4 is 10.1 Å². The molecule has 1 aromatic heterocycles. The van der Waals surface area contributed by atoms with Crippen LogP contribution >= 0.6 is 0 Å². The first kappa shape index (κ1) is 32.7. The van der Waals surface area contributed by atoms with Gasteiger partial charge in [0.15, 0.2) is 12.3 Å². The van der Waals surface area contributed by atoms with Crippen LogP contribution in [0.5, 0.6) is 5.88 Å². The SMILES string of the molecule is COC(=O)[C@@H]1C[C@H](O)CN1C(=O)COc1cc(C(=O)NC(CCC(=O)O)C(=O)N2CCN(C(=O)O)CC2)nn1-c1ccccc1. The second-order valence-electron chi connectivity index (χ2n) is 10.4. The third kappa shape index (κ3) is 8.05. The van der Waals surface area contributed by atoms with E-state index in [2.05, 4.69) is 10.4 Å². The summed E-state index contributed by atoms with van der Waals surface area (Å²) in [4.78, 5) is 77.9. The summed E-state index contributed by atoms with van der Waals surface area (Å²) >= 11 is 0. The molecule has 2 fully saturated rings. The van der Waals surface area contributed by atoms with Crippen molar-refractivity contribution < 1.29 is 53.6 Å². The summed E-state index contributed by atoms with van der Waals surface area (Å²) in [5, 5.41) is 35.3. The predicted octanol–water partition coefficient (Wildman–Crippen LogP) is -0.829. The summed E-state index contributed by atoms with van der Waals surface area (Å²) in [5.41, 5.74) is 0.270. The van der Waals surface area contributed by atoms with Crippen molar-refractivity contribution in [1.82, 2.24) is 29.8 Å². The van der Waals surface area contributed by atoms with Crippen molar-refractivity contribution in [2.75, 3.05) is 46.4 Å². The van der Waals surface area contributed by atoms with Crippen molar-refractivity contribution in [3.63, 3.8) is 0 Å². The molecular weight excluding hydrogens is 596 g/mol. The second kappa shape index (κ2) is 14.5. The molecule has 2 aromatic rings. The molecule has 3 heterocycles. The van der Waals surface area contributed by atoms with Gasteiger partial charge in [0, 0.05) is 51.6 Å². The van der Waals surface area contributed by atoms with Gasteiger partial charge >= 0.3 is 18.0 Å². The van der Waals surface area contributed by atoms with Gasteiger partial charge in [0.05, 0.1) is 18.9 Å². The van der Waals surface area contributed by atoms with Crippen LogP contribution in [0.4, 0.5) is 4.79 Å². The standard InChI is InChI=1S/C28H34N6O11/c1-44-27(41)21-13-18(35)15-33(21)22(36)16-45-23-14-20(30-34(23)17-5-3-2-4-6-17)25(39)29-19(7-8-24(37)38)26(40)31-9-11-32(12-10-31)28(42)43/h2-6,14,18-19,21,35H,7-13,15-16H2,1H3,(H,29,39)(H,37,38)(H,42,43)/t18-,19?,21-/m0/s1. The predicted molar refractivity (Wildman–Crippen MR) is 152 cm³/mol. The number of amides is 4. The molecule has 0 saturated carbocycles. The van der Waals surface area contributed by atoms with E-state index in [0.29, 0.717) is 5.69 Å². The minimum atomic E-state index is -1.24. The fourth-order valence-electron chi connectivity index (χ4n) is 5.10. The lowest BCUT2D eigenvalue weighted by atomic mass is 10.1. The van der Waals surface area contributed by atoms with Gasteiger partial charge in [0.25, 0.3) is 11.8 Å². The van der Waals surface area contributed by atoms with E-state index in [-0.39, 0.29) is 57.1 Å². The molecule has 4 N–H and O–H groups in total. The highest BCUT2D eigenvalue weighted by atomic mass is 16.5. The van der Waals surface area contributed by atoms with Crippen molar-refractivity contribution >= 4 is 35.8 Å². The van der Waals surface area contributed by atoms with Crippen molar-refractivity contribution in [1.29, 1.82) is 0 Å². The quantitative estimate of drug-likeness (QED) is 0.224. The Hall–Kier alpha value is -5.19. The molecule has 4 amide bonds. The van der Waals surface area contributed by atoms with Crippen LogP contribution in [0.15, 0.2) is 36.4 Å². The van der Waals surface area contributed by atoms with Gasteiger partial charge in [0.2, 0.25) is 11.8 Å². The van der Waals surface area contributed by atoms with E-state index >= 15 is 0 Å². The number of carboxylic acid groups (broad SMARTS) is 2. The van der Waals surface area contributed by atoms with Crippen LogP contribution in [-0.4, -0.2) is 140 Å². The molecule has 0 bridgehead atoms. The number of ether oxygens (including phenoxy) is 2. The molecule has 2 aliphatic heterocycles. The van der Waals surface area contributed by atoms with E-state index < -0.39 is 67.0 Å².